The van der Waals surface area contributed by atoms with E-state index in [1.165, 1.54) is 0 Å². The fraction of sp³-hybridized carbons (Fsp3) is 0.440. The molecular weight excluding hydrogens is 420 g/mol. The molecule has 0 aliphatic rings. The van der Waals surface area contributed by atoms with Gasteiger partial charge in [-0.05, 0) is 56.6 Å². The molecule has 0 fully saturated rings. The Hall–Kier alpha value is -3.10. The second-order valence-corrected chi connectivity index (χ2v) is 7.67. The van der Waals surface area contributed by atoms with Gasteiger partial charge in [0.15, 0.2) is 0 Å². The molecule has 0 bridgehead atoms. The molecule has 0 saturated carbocycles. The molecule has 2 rings (SSSR count). The minimum atomic E-state index is -0.412. The van der Waals surface area contributed by atoms with Crippen molar-refractivity contribution in [3.63, 3.8) is 0 Å². The number of nitrogens with one attached hydrogen (secondary N) is 2. The van der Waals surface area contributed by atoms with Crippen LogP contribution < -0.4 is 16.4 Å². The number of nitrogens with zero attached hydrogens (tertiary/aromatic N) is 1. The van der Waals surface area contributed by atoms with Crippen molar-refractivity contribution < 1.29 is 19.1 Å². The maximum absolute atomic E-state index is 11.8. The van der Waals surface area contributed by atoms with E-state index in [0.29, 0.717) is 19.6 Å². The highest BCUT2D eigenvalue weighted by Gasteiger charge is 2.07. The monoisotopic (exact) mass is 456 g/mol. The lowest BCUT2D eigenvalue weighted by Crippen LogP contribution is -2.34. The first-order valence-corrected chi connectivity index (χ1v) is 11.5. The van der Waals surface area contributed by atoms with Crippen molar-refractivity contribution in [2.75, 3.05) is 39.3 Å². The zero-order chi connectivity index (χ0) is 23.6. The van der Waals surface area contributed by atoms with Crippen molar-refractivity contribution in [2.24, 2.45) is 5.73 Å². The standard InChI is InChI=1S/C25H36N4O4/c26-14-7-17-29(18-8-15-27-24(30)32-20-22-10-3-1-4-11-22)19-9-16-28-25(31)33-21-23-12-5-2-6-13-23/h1-6,10-13H,7-9,14-21,26H2,(H,27,30)(H,28,31). The summed E-state index contributed by atoms with van der Waals surface area (Å²) in [7, 11) is 0. The number of amides is 2. The third kappa shape index (κ3) is 12.5. The average molecular weight is 457 g/mol. The van der Waals surface area contributed by atoms with Gasteiger partial charge in [0.2, 0.25) is 0 Å². The lowest BCUT2D eigenvalue weighted by atomic mass is 10.2. The Morgan fingerprint density at radius 3 is 1.55 bits per heavy atom. The number of hydrogen-bond donors (Lipinski definition) is 3. The van der Waals surface area contributed by atoms with Crippen molar-refractivity contribution in [3.8, 4) is 0 Å². The summed E-state index contributed by atoms with van der Waals surface area (Å²) in [4.78, 5) is 26.0. The third-order valence-corrected chi connectivity index (χ3v) is 4.94. The number of ether oxygens (including phenoxy) is 2. The maximum Gasteiger partial charge on any atom is 0.407 e. The van der Waals surface area contributed by atoms with Gasteiger partial charge in [-0.3, -0.25) is 0 Å². The van der Waals surface area contributed by atoms with E-state index in [1.54, 1.807) is 0 Å². The Morgan fingerprint density at radius 1 is 0.697 bits per heavy atom. The zero-order valence-corrected chi connectivity index (χ0v) is 19.2. The molecule has 0 aliphatic heterocycles. The minimum Gasteiger partial charge on any atom is -0.445 e. The summed E-state index contributed by atoms with van der Waals surface area (Å²) >= 11 is 0. The second-order valence-electron chi connectivity index (χ2n) is 7.67. The first-order valence-electron chi connectivity index (χ1n) is 11.5. The Morgan fingerprint density at radius 2 is 1.12 bits per heavy atom. The third-order valence-electron chi connectivity index (χ3n) is 4.94. The predicted molar refractivity (Wildman–Crippen MR) is 129 cm³/mol. The lowest BCUT2D eigenvalue weighted by molar-refractivity contribution is 0.139. The molecule has 2 aromatic carbocycles. The average Bonchev–Trinajstić information content (AvgIpc) is 2.85. The molecule has 8 nitrogen and oxygen atoms in total. The van der Waals surface area contributed by atoms with E-state index >= 15 is 0 Å². The van der Waals surface area contributed by atoms with Gasteiger partial charge in [-0.15, -0.1) is 0 Å². The van der Waals surface area contributed by atoms with Crippen LogP contribution in [0.15, 0.2) is 60.7 Å². The van der Waals surface area contributed by atoms with E-state index in [9.17, 15) is 9.59 Å². The SMILES string of the molecule is NCCCN(CCCNC(=O)OCc1ccccc1)CCCNC(=O)OCc1ccccc1. The highest BCUT2D eigenvalue weighted by atomic mass is 16.6. The van der Waals surface area contributed by atoms with Crippen LogP contribution in [0.5, 0.6) is 0 Å². The van der Waals surface area contributed by atoms with E-state index in [4.69, 9.17) is 15.2 Å². The summed E-state index contributed by atoms with van der Waals surface area (Å²) in [6, 6.07) is 19.2. The normalized spacial score (nSPS) is 10.6. The molecule has 180 valence electrons. The van der Waals surface area contributed by atoms with Crippen LogP contribution in [-0.4, -0.2) is 56.4 Å². The molecule has 0 saturated heterocycles. The van der Waals surface area contributed by atoms with Crippen molar-refractivity contribution >= 4 is 12.2 Å². The molecule has 33 heavy (non-hydrogen) atoms. The van der Waals surface area contributed by atoms with Gasteiger partial charge in [-0.2, -0.15) is 0 Å². The van der Waals surface area contributed by atoms with Crippen LogP contribution in [0.1, 0.15) is 30.4 Å². The lowest BCUT2D eigenvalue weighted by Gasteiger charge is -2.22. The summed E-state index contributed by atoms with van der Waals surface area (Å²) in [5, 5.41) is 5.58. The molecule has 0 atom stereocenters. The molecule has 0 unspecified atom stereocenters. The first kappa shape index (κ1) is 26.2. The molecule has 2 aromatic rings. The van der Waals surface area contributed by atoms with Crippen molar-refractivity contribution in [2.45, 2.75) is 32.5 Å². The molecule has 8 heteroatoms. The molecule has 0 heterocycles. The fourth-order valence-corrected chi connectivity index (χ4v) is 3.18. The Kier molecular flexibility index (Phi) is 13.1. The van der Waals surface area contributed by atoms with Crippen LogP contribution in [0.25, 0.3) is 0 Å². The second kappa shape index (κ2) is 16.5. The van der Waals surface area contributed by atoms with Crippen molar-refractivity contribution in [3.05, 3.63) is 71.8 Å². The summed E-state index contributed by atoms with van der Waals surface area (Å²) < 4.78 is 10.4. The topological polar surface area (TPSA) is 106 Å². The Labute approximate surface area is 196 Å². The smallest absolute Gasteiger partial charge is 0.407 e. The Bertz CT molecular complexity index is 726. The Balaban J connectivity index is 1.55. The zero-order valence-electron chi connectivity index (χ0n) is 19.2. The van der Waals surface area contributed by atoms with Crippen LogP contribution in [0.4, 0.5) is 9.59 Å². The van der Waals surface area contributed by atoms with Gasteiger partial charge in [-0.25, -0.2) is 9.59 Å². The number of carbonyl (C=O) groups is 2. The first-order chi connectivity index (χ1) is 16.2. The van der Waals surface area contributed by atoms with E-state index in [0.717, 1.165) is 50.0 Å². The number of alkyl carbamates (subject to hydrolysis) is 2. The minimum absolute atomic E-state index is 0.260. The predicted octanol–water partition coefficient (Wildman–Crippen LogP) is 3.27. The largest absolute Gasteiger partial charge is 0.445 e. The van der Waals surface area contributed by atoms with Gasteiger partial charge >= 0.3 is 12.2 Å². The summed E-state index contributed by atoms with van der Waals surface area (Å²) in [6.45, 7) is 4.77. The van der Waals surface area contributed by atoms with Crippen molar-refractivity contribution in [1.29, 1.82) is 0 Å². The summed E-state index contributed by atoms with van der Waals surface area (Å²) in [6.07, 6.45) is 1.69. The highest BCUT2D eigenvalue weighted by molar-refractivity contribution is 5.67. The van der Waals surface area contributed by atoms with E-state index in [-0.39, 0.29) is 13.2 Å². The summed E-state index contributed by atoms with van der Waals surface area (Å²) in [5.41, 5.74) is 7.57. The van der Waals surface area contributed by atoms with Gasteiger partial charge in [-0.1, -0.05) is 60.7 Å². The molecular formula is C25H36N4O4. The van der Waals surface area contributed by atoms with Gasteiger partial charge in [0.05, 0.1) is 0 Å². The number of hydrogen-bond acceptors (Lipinski definition) is 6. The quantitative estimate of drug-likeness (QED) is 0.355. The van der Waals surface area contributed by atoms with Crippen LogP contribution in [-0.2, 0) is 22.7 Å². The molecule has 0 aliphatic carbocycles. The van der Waals surface area contributed by atoms with Gasteiger partial charge < -0.3 is 30.7 Å². The highest BCUT2D eigenvalue weighted by Crippen LogP contribution is 2.02. The van der Waals surface area contributed by atoms with Gasteiger partial charge in [0, 0.05) is 13.1 Å². The van der Waals surface area contributed by atoms with Crippen LogP contribution in [0, 0.1) is 0 Å². The van der Waals surface area contributed by atoms with E-state index in [1.807, 2.05) is 60.7 Å². The molecule has 0 spiro atoms. The number of carbonyl (C=O) groups excluding carboxylic acids is 2. The van der Waals surface area contributed by atoms with Crippen LogP contribution in [0.2, 0.25) is 0 Å². The molecule has 4 N–H and O–H groups in total. The van der Waals surface area contributed by atoms with E-state index < -0.39 is 12.2 Å². The summed E-state index contributed by atoms with van der Waals surface area (Å²) in [5.74, 6) is 0. The van der Waals surface area contributed by atoms with Crippen LogP contribution >= 0.6 is 0 Å². The van der Waals surface area contributed by atoms with E-state index in [2.05, 4.69) is 15.5 Å². The number of benzene rings is 2. The number of rotatable bonds is 15. The fourth-order valence-electron chi connectivity index (χ4n) is 3.18. The number of nitrogens with two attached hydrogens (primary N) is 1. The van der Waals surface area contributed by atoms with Gasteiger partial charge in [0.25, 0.3) is 0 Å². The van der Waals surface area contributed by atoms with Gasteiger partial charge in [0.1, 0.15) is 13.2 Å². The molecule has 0 radical (unpaired) electrons. The van der Waals surface area contributed by atoms with Crippen molar-refractivity contribution in [1.82, 2.24) is 15.5 Å². The molecule has 2 amide bonds. The molecule has 0 aromatic heterocycles. The maximum atomic E-state index is 11.8. The van der Waals surface area contributed by atoms with Crippen LogP contribution in [0.3, 0.4) is 0 Å².